The van der Waals surface area contributed by atoms with Gasteiger partial charge in [-0.3, -0.25) is 0 Å². The van der Waals surface area contributed by atoms with Crippen LogP contribution in [0.4, 0.5) is 0 Å². The van der Waals surface area contributed by atoms with Crippen LogP contribution in [0.5, 0.6) is 0 Å². The highest BCUT2D eigenvalue weighted by atomic mass is 16.3. The first-order valence-electron chi connectivity index (χ1n) is 18.8. The van der Waals surface area contributed by atoms with E-state index in [0.29, 0.717) is 22.5 Å². The molecule has 10 aromatic rings. The fourth-order valence-corrected chi connectivity index (χ4v) is 6.84. The van der Waals surface area contributed by atoms with Crippen LogP contribution in [0.25, 0.3) is 94.7 Å². The lowest BCUT2D eigenvalue weighted by molar-refractivity contribution is 0.666. The summed E-state index contributed by atoms with van der Waals surface area (Å²) in [5.74, 6) is 0.551. The molecule has 10 rings (SSSR count). The zero-order valence-corrected chi connectivity index (χ0v) is 26.5. The van der Waals surface area contributed by atoms with Gasteiger partial charge in [0.2, 0.25) is 0 Å². The van der Waals surface area contributed by atoms with Crippen LogP contribution in [0.2, 0.25) is 0 Å². The van der Waals surface area contributed by atoms with Gasteiger partial charge >= 0.3 is 0 Å². The number of fused-ring (bicyclic) bond motifs is 6. The third-order valence-electron chi connectivity index (χ3n) is 9.13. The molecule has 0 radical (unpaired) electrons. The van der Waals surface area contributed by atoms with E-state index in [4.69, 9.17) is 21.2 Å². The van der Waals surface area contributed by atoms with Gasteiger partial charge in [-0.1, -0.05) is 133 Å². The predicted molar refractivity (Wildman–Crippen MR) is 203 cm³/mol. The Morgan fingerprint density at radius 1 is 0.440 bits per heavy atom. The maximum Gasteiger partial charge on any atom is 0.164 e. The molecule has 0 aliphatic heterocycles. The highest BCUT2D eigenvalue weighted by Crippen LogP contribution is 2.41. The summed E-state index contributed by atoms with van der Waals surface area (Å²) >= 11 is 0. The minimum Gasteiger partial charge on any atom is -0.454 e. The van der Waals surface area contributed by atoms with Crippen molar-refractivity contribution in [2.75, 3.05) is 0 Å². The number of hydrogen-bond acceptors (Lipinski definition) is 4. The second kappa shape index (κ2) is 11.4. The molecule has 0 fully saturated rings. The Morgan fingerprint density at radius 3 is 1.70 bits per heavy atom. The third kappa shape index (κ3) is 4.60. The predicted octanol–water partition coefficient (Wildman–Crippen LogP) is 11.5. The van der Waals surface area contributed by atoms with E-state index in [-0.39, 0.29) is 29.3 Å². The first-order valence-corrected chi connectivity index (χ1v) is 16.3. The van der Waals surface area contributed by atoms with Gasteiger partial charge in [-0.05, 0) is 47.5 Å². The Hall–Kier alpha value is -6.85. The molecule has 0 unspecified atom stereocenters. The average molecular weight is 646 g/mol. The molecular weight excluding hydrogens is 613 g/mol. The summed E-state index contributed by atoms with van der Waals surface area (Å²) in [4.78, 5) is 14.2. The molecule has 0 atom stereocenters. The highest BCUT2D eigenvalue weighted by molar-refractivity contribution is 6.14. The molecule has 3 heterocycles. The molecule has 0 aliphatic rings. The van der Waals surface area contributed by atoms with Crippen molar-refractivity contribution in [3.05, 3.63) is 170 Å². The smallest absolute Gasteiger partial charge is 0.164 e. The first-order chi connectivity index (χ1) is 26.9. The maximum absolute atomic E-state index is 8.66. The molecule has 3 aromatic heterocycles. The van der Waals surface area contributed by atoms with Gasteiger partial charge < -0.3 is 8.98 Å². The second-order valence-corrected chi connectivity index (χ2v) is 12.1. The van der Waals surface area contributed by atoms with Crippen molar-refractivity contribution in [3.8, 4) is 51.0 Å². The molecule has 0 bridgehead atoms. The van der Waals surface area contributed by atoms with Crippen molar-refractivity contribution in [2.45, 2.75) is 0 Å². The van der Waals surface area contributed by atoms with Crippen molar-refractivity contribution < 1.29 is 11.3 Å². The van der Waals surface area contributed by atoms with Gasteiger partial charge in [0.15, 0.2) is 23.1 Å². The van der Waals surface area contributed by atoms with Gasteiger partial charge in [0, 0.05) is 38.2 Å². The summed E-state index contributed by atoms with van der Waals surface area (Å²) < 4.78 is 51.2. The summed E-state index contributed by atoms with van der Waals surface area (Å²) in [5, 5.41) is 4.14. The van der Waals surface area contributed by atoms with Gasteiger partial charge in [0.1, 0.15) is 5.58 Å². The normalized spacial score (nSPS) is 13.0. The molecule has 0 saturated carbocycles. The van der Waals surface area contributed by atoms with Crippen molar-refractivity contribution in [3.63, 3.8) is 0 Å². The van der Waals surface area contributed by atoms with Crippen LogP contribution in [0.3, 0.4) is 0 Å². The number of benzene rings is 7. The standard InChI is InChI=1S/C45H28N4O/c1-4-14-29(15-5-1)33-26-37-36-25-24-32(45-47-43(30-16-6-2-7-17-30)46-44(48-45)31-18-8-3-9-19-31)28-41(36)50-42(37)40(27-33)49-38-22-12-10-20-34(38)35-21-11-13-23-39(35)49/h1-28H/i2D,6D,7D,16D,17D. The van der Waals surface area contributed by atoms with E-state index in [9.17, 15) is 0 Å². The SMILES string of the molecule is [2H]c1c([2H])c([2H])c(-c2nc(-c3ccccc3)nc(-c3ccc4c(c3)oc3c(-n5c6ccccc6c6ccccc65)cc(-c5ccccc5)cc34)n2)c([2H])c1[2H]. The Morgan fingerprint density at radius 2 is 1.02 bits per heavy atom. The van der Waals surface area contributed by atoms with E-state index in [1.54, 1.807) is 0 Å². The number of aromatic nitrogens is 4. The summed E-state index contributed by atoms with van der Waals surface area (Å²) in [6.07, 6.45) is 0. The van der Waals surface area contributed by atoms with Crippen LogP contribution in [-0.2, 0) is 0 Å². The number of furan rings is 1. The van der Waals surface area contributed by atoms with Crippen LogP contribution >= 0.6 is 0 Å². The van der Waals surface area contributed by atoms with Gasteiger partial charge in [-0.2, -0.15) is 0 Å². The largest absolute Gasteiger partial charge is 0.454 e. The summed E-state index contributed by atoms with van der Waals surface area (Å²) in [6, 6.07) is 44.4. The molecule has 5 nitrogen and oxygen atoms in total. The topological polar surface area (TPSA) is 56.7 Å². The van der Waals surface area contributed by atoms with Crippen molar-refractivity contribution in [1.29, 1.82) is 0 Å². The van der Waals surface area contributed by atoms with Crippen LogP contribution in [0, 0.1) is 0 Å². The van der Waals surface area contributed by atoms with Gasteiger partial charge in [0.25, 0.3) is 0 Å². The van der Waals surface area contributed by atoms with E-state index in [0.717, 1.165) is 55.0 Å². The van der Waals surface area contributed by atoms with Gasteiger partial charge in [-0.15, -0.1) is 0 Å². The Balaban J connectivity index is 1.23. The van der Waals surface area contributed by atoms with Crippen LogP contribution in [0.15, 0.2) is 174 Å². The second-order valence-electron chi connectivity index (χ2n) is 12.1. The summed E-state index contributed by atoms with van der Waals surface area (Å²) in [6.45, 7) is 0. The Bertz CT molecular complexity index is 3080. The van der Waals surface area contributed by atoms with E-state index in [1.807, 2.05) is 66.7 Å². The number of hydrogen-bond donors (Lipinski definition) is 0. The van der Waals surface area contributed by atoms with Crippen LogP contribution < -0.4 is 0 Å². The van der Waals surface area contributed by atoms with E-state index in [2.05, 4.69) is 82.3 Å². The number of rotatable bonds is 5. The minimum absolute atomic E-state index is 0.0216. The molecule has 50 heavy (non-hydrogen) atoms. The molecule has 0 spiro atoms. The fraction of sp³-hybridized carbons (Fsp3) is 0. The molecule has 0 saturated heterocycles. The summed E-state index contributed by atoms with van der Waals surface area (Å²) in [7, 11) is 0. The van der Waals surface area contributed by atoms with Crippen molar-refractivity contribution in [2.24, 2.45) is 0 Å². The van der Waals surface area contributed by atoms with Crippen LogP contribution in [0.1, 0.15) is 6.85 Å². The first kappa shape index (κ1) is 23.5. The Kier molecular flexibility index (Phi) is 5.35. The number of nitrogens with zero attached hydrogens (tertiary/aromatic N) is 4. The molecule has 0 amide bonds. The lowest BCUT2D eigenvalue weighted by Gasteiger charge is -2.11. The lowest BCUT2D eigenvalue weighted by atomic mass is 10.0. The van der Waals surface area contributed by atoms with Crippen molar-refractivity contribution in [1.82, 2.24) is 19.5 Å². The fourth-order valence-electron chi connectivity index (χ4n) is 6.84. The summed E-state index contributed by atoms with van der Waals surface area (Å²) in [5.41, 5.74) is 7.70. The van der Waals surface area contributed by atoms with Gasteiger partial charge in [-0.25, -0.2) is 15.0 Å². The molecule has 0 N–H and O–H groups in total. The molecule has 0 aliphatic carbocycles. The monoisotopic (exact) mass is 645 g/mol. The van der Waals surface area contributed by atoms with E-state index < -0.39 is 18.1 Å². The molecule has 7 aromatic carbocycles. The lowest BCUT2D eigenvalue weighted by Crippen LogP contribution is -2.00. The quantitative estimate of drug-likeness (QED) is 0.187. The average Bonchev–Trinajstić information content (AvgIpc) is 3.78. The van der Waals surface area contributed by atoms with E-state index >= 15 is 0 Å². The molecular formula is C45H28N4O. The zero-order valence-electron chi connectivity index (χ0n) is 31.5. The maximum atomic E-state index is 8.66. The minimum atomic E-state index is -0.484. The zero-order chi connectivity index (χ0) is 37.4. The molecule has 234 valence electrons. The van der Waals surface area contributed by atoms with Gasteiger partial charge in [0.05, 0.1) is 23.6 Å². The number of para-hydroxylation sites is 2. The van der Waals surface area contributed by atoms with E-state index in [1.165, 1.54) is 0 Å². The Labute approximate surface area is 294 Å². The molecule has 5 heteroatoms. The third-order valence-corrected chi connectivity index (χ3v) is 9.13. The highest BCUT2D eigenvalue weighted by Gasteiger charge is 2.20. The van der Waals surface area contributed by atoms with Crippen molar-refractivity contribution >= 4 is 43.7 Å². The van der Waals surface area contributed by atoms with Crippen LogP contribution in [-0.4, -0.2) is 19.5 Å².